The molecular formula is C22H22N4O3. The van der Waals surface area contributed by atoms with Crippen LogP contribution in [0.15, 0.2) is 73.1 Å². The fraction of sp³-hybridized carbons (Fsp3) is 0.136. The maximum absolute atomic E-state index is 12.6. The Labute approximate surface area is 169 Å². The second-order valence-corrected chi connectivity index (χ2v) is 6.20. The minimum atomic E-state index is -0.297. The summed E-state index contributed by atoms with van der Waals surface area (Å²) in [4.78, 5) is 28.3. The Bertz CT molecular complexity index is 977. The molecule has 2 aromatic carbocycles. The van der Waals surface area contributed by atoms with E-state index >= 15 is 0 Å². The van der Waals surface area contributed by atoms with Crippen LogP contribution < -0.4 is 20.7 Å². The first kappa shape index (κ1) is 19.9. The Morgan fingerprint density at radius 1 is 0.966 bits per heavy atom. The average molecular weight is 390 g/mol. The predicted octanol–water partition coefficient (Wildman–Crippen LogP) is 4.05. The molecule has 0 fully saturated rings. The second-order valence-electron chi connectivity index (χ2n) is 6.20. The van der Waals surface area contributed by atoms with Crippen LogP contribution in [0.2, 0.25) is 0 Å². The minimum absolute atomic E-state index is 0.271. The van der Waals surface area contributed by atoms with Crippen molar-refractivity contribution in [3.05, 3.63) is 84.2 Å². The zero-order chi connectivity index (χ0) is 20.5. The Morgan fingerprint density at radius 3 is 2.52 bits per heavy atom. The number of aromatic nitrogens is 1. The quantitative estimate of drug-likeness (QED) is 0.567. The summed E-state index contributed by atoms with van der Waals surface area (Å²) in [5.41, 5.74) is 2.57. The van der Waals surface area contributed by atoms with Crippen LogP contribution in [-0.2, 0) is 6.61 Å². The van der Waals surface area contributed by atoms with Crippen LogP contribution in [0.5, 0.6) is 5.75 Å². The topological polar surface area (TPSA) is 92.4 Å². The first-order chi connectivity index (χ1) is 14.1. The van der Waals surface area contributed by atoms with Gasteiger partial charge in [0.05, 0.1) is 0 Å². The maximum Gasteiger partial charge on any atom is 0.319 e. The highest BCUT2D eigenvalue weighted by molar-refractivity contribution is 6.04. The van der Waals surface area contributed by atoms with Gasteiger partial charge in [-0.05, 0) is 49.4 Å². The van der Waals surface area contributed by atoms with Gasteiger partial charge in [0.2, 0.25) is 0 Å². The lowest BCUT2D eigenvalue weighted by Crippen LogP contribution is -2.28. The van der Waals surface area contributed by atoms with Gasteiger partial charge in [-0.3, -0.25) is 9.78 Å². The summed E-state index contributed by atoms with van der Waals surface area (Å²) in [6, 6.07) is 17.4. The molecule has 0 atom stereocenters. The number of rotatable bonds is 7. The summed E-state index contributed by atoms with van der Waals surface area (Å²) < 4.78 is 5.74. The van der Waals surface area contributed by atoms with Gasteiger partial charge >= 0.3 is 6.03 Å². The van der Waals surface area contributed by atoms with E-state index in [4.69, 9.17) is 4.74 Å². The number of urea groups is 1. The highest BCUT2D eigenvalue weighted by Gasteiger charge is 2.09. The monoisotopic (exact) mass is 390 g/mol. The van der Waals surface area contributed by atoms with E-state index in [1.807, 2.05) is 19.1 Å². The van der Waals surface area contributed by atoms with Crippen molar-refractivity contribution in [2.75, 3.05) is 17.2 Å². The third-order valence-corrected chi connectivity index (χ3v) is 3.94. The molecule has 0 bridgehead atoms. The lowest BCUT2D eigenvalue weighted by atomic mass is 10.2. The molecular weight excluding hydrogens is 368 g/mol. The number of hydrogen-bond donors (Lipinski definition) is 3. The normalized spacial score (nSPS) is 10.1. The lowest BCUT2D eigenvalue weighted by molar-refractivity contribution is 0.102. The number of benzene rings is 2. The molecule has 0 aliphatic rings. The van der Waals surface area contributed by atoms with Crippen LogP contribution in [0.3, 0.4) is 0 Å². The molecule has 3 amide bonds. The number of carbonyl (C=O) groups is 2. The molecule has 148 valence electrons. The van der Waals surface area contributed by atoms with E-state index in [-0.39, 0.29) is 11.9 Å². The van der Waals surface area contributed by atoms with Crippen molar-refractivity contribution in [2.45, 2.75) is 13.5 Å². The van der Waals surface area contributed by atoms with Crippen molar-refractivity contribution < 1.29 is 14.3 Å². The van der Waals surface area contributed by atoms with E-state index < -0.39 is 0 Å². The molecule has 7 heteroatoms. The highest BCUT2D eigenvalue weighted by atomic mass is 16.5. The van der Waals surface area contributed by atoms with E-state index in [0.717, 1.165) is 5.56 Å². The maximum atomic E-state index is 12.6. The van der Waals surface area contributed by atoms with Gasteiger partial charge in [-0.15, -0.1) is 0 Å². The summed E-state index contributed by atoms with van der Waals surface area (Å²) in [7, 11) is 0. The summed E-state index contributed by atoms with van der Waals surface area (Å²) in [5.74, 6) is 0.320. The van der Waals surface area contributed by atoms with Gasteiger partial charge in [0.15, 0.2) is 0 Å². The number of amides is 3. The smallest absolute Gasteiger partial charge is 0.319 e. The SMILES string of the molecule is CCNC(=O)Nc1cccc(NC(=O)c2cccc(OCc3cccnc3)c2)c1. The summed E-state index contributed by atoms with van der Waals surface area (Å²) in [6.45, 7) is 2.73. The molecule has 0 radical (unpaired) electrons. The van der Waals surface area contributed by atoms with Gasteiger partial charge in [0.25, 0.3) is 5.91 Å². The molecule has 3 rings (SSSR count). The van der Waals surface area contributed by atoms with Gasteiger partial charge in [0.1, 0.15) is 12.4 Å². The largest absolute Gasteiger partial charge is 0.489 e. The van der Waals surface area contributed by atoms with Crippen LogP contribution in [0.25, 0.3) is 0 Å². The zero-order valence-corrected chi connectivity index (χ0v) is 16.0. The Morgan fingerprint density at radius 2 is 1.76 bits per heavy atom. The summed E-state index contributed by atoms with van der Waals surface area (Å²) in [5, 5.41) is 8.19. The summed E-state index contributed by atoms with van der Waals surface area (Å²) >= 11 is 0. The first-order valence-corrected chi connectivity index (χ1v) is 9.22. The number of nitrogens with zero attached hydrogens (tertiary/aromatic N) is 1. The van der Waals surface area contributed by atoms with Gasteiger partial charge in [-0.25, -0.2) is 4.79 Å². The molecule has 3 N–H and O–H groups in total. The second kappa shape index (κ2) is 9.89. The van der Waals surface area contributed by atoms with Gasteiger partial charge < -0.3 is 20.7 Å². The number of ether oxygens (including phenoxy) is 1. The fourth-order valence-electron chi connectivity index (χ4n) is 2.59. The third kappa shape index (κ3) is 6.07. The van der Waals surface area contributed by atoms with Gasteiger partial charge in [-0.1, -0.05) is 18.2 Å². The molecule has 1 aromatic heterocycles. The Kier molecular flexibility index (Phi) is 6.78. The van der Waals surface area contributed by atoms with Crippen molar-refractivity contribution in [3.8, 4) is 5.75 Å². The Hall–Kier alpha value is -3.87. The lowest BCUT2D eigenvalue weighted by Gasteiger charge is -2.10. The molecule has 0 saturated carbocycles. The van der Waals surface area contributed by atoms with Crippen LogP contribution in [-0.4, -0.2) is 23.5 Å². The van der Waals surface area contributed by atoms with Crippen LogP contribution in [0.1, 0.15) is 22.8 Å². The number of carbonyl (C=O) groups excluding carboxylic acids is 2. The van der Waals surface area contributed by atoms with E-state index in [2.05, 4.69) is 20.9 Å². The number of pyridine rings is 1. The van der Waals surface area contributed by atoms with Crippen molar-refractivity contribution in [3.63, 3.8) is 0 Å². The molecule has 7 nitrogen and oxygen atoms in total. The van der Waals surface area contributed by atoms with E-state index in [9.17, 15) is 9.59 Å². The third-order valence-electron chi connectivity index (χ3n) is 3.94. The molecule has 3 aromatic rings. The molecule has 29 heavy (non-hydrogen) atoms. The molecule has 0 spiro atoms. The molecule has 1 heterocycles. The van der Waals surface area contributed by atoms with Gasteiger partial charge in [0, 0.05) is 41.4 Å². The van der Waals surface area contributed by atoms with E-state index in [1.54, 1.807) is 60.9 Å². The van der Waals surface area contributed by atoms with Crippen LogP contribution >= 0.6 is 0 Å². The highest BCUT2D eigenvalue weighted by Crippen LogP contribution is 2.19. The van der Waals surface area contributed by atoms with Crippen LogP contribution in [0.4, 0.5) is 16.2 Å². The molecule has 0 aliphatic heterocycles. The number of nitrogens with one attached hydrogen (secondary N) is 3. The summed E-state index contributed by atoms with van der Waals surface area (Å²) in [6.07, 6.45) is 3.44. The first-order valence-electron chi connectivity index (χ1n) is 9.22. The molecule has 0 saturated heterocycles. The zero-order valence-electron chi connectivity index (χ0n) is 16.0. The van der Waals surface area contributed by atoms with Crippen molar-refractivity contribution in [1.82, 2.24) is 10.3 Å². The predicted molar refractivity (Wildman–Crippen MR) is 112 cm³/mol. The minimum Gasteiger partial charge on any atom is -0.489 e. The fourth-order valence-corrected chi connectivity index (χ4v) is 2.59. The van der Waals surface area contributed by atoms with Crippen LogP contribution in [0, 0.1) is 0 Å². The van der Waals surface area contributed by atoms with Crippen molar-refractivity contribution in [2.24, 2.45) is 0 Å². The average Bonchev–Trinajstić information content (AvgIpc) is 2.73. The molecule has 0 unspecified atom stereocenters. The van der Waals surface area contributed by atoms with E-state index in [1.165, 1.54) is 0 Å². The van der Waals surface area contributed by atoms with Crippen molar-refractivity contribution in [1.29, 1.82) is 0 Å². The standard InChI is InChI=1S/C22H22N4O3/c1-2-24-22(28)26-19-9-4-8-18(13-19)25-21(27)17-7-3-10-20(12-17)29-15-16-6-5-11-23-14-16/h3-14H,2,15H2,1H3,(H,25,27)(H2,24,26,28). The van der Waals surface area contributed by atoms with Gasteiger partial charge in [-0.2, -0.15) is 0 Å². The number of anilines is 2. The van der Waals surface area contributed by atoms with E-state index in [0.29, 0.717) is 35.8 Å². The molecule has 0 aliphatic carbocycles. The number of hydrogen-bond acceptors (Lipinski definition) is 4. The van der Waals surface area contributed by atoms with Crippen molar-refractivity contribution >= 4 is 23.3 Å². The Balaban J connectivity index is 1.62.